The zero-order valence-corrected chi connectivity index (χ0v) is 9.63. The minimum Gasteiger partial charge on any atom is -0.392 e. The van der Waals surface area contributed by atoms with E-state index in [2.05, 4.69) is 0 Å². The Kier molecular flexibility index (Phi) is 5.05. The van der Waals surface area contributed by atoms with Gasteiger partial charge in [0, 0.05) is 19.6 Å². The molecular weight excluding hydrogens is 219 g/mol. The Bertz CT molecular complexity index is 204. The quantitative estimate of drug-likeness (QED) is 0.737. The molecule has 0 aliphatic heterocycles. The molecule has 0 amide bonds. The largest absolute Gasteiger partial charge is 0.392 e. The van der Waals surface area contributed by atoms with E-state index in [1.54, 1.807) is 4.90 Å². The van der Waals surface area contributed by atoms with Gasteiger partial charge in [0.05, 0.1) is 12.5 Å². The summed E-state index contributed by atoms with van der Waals surface area (Å²) < 4.78 is 36.3. The van der Waals surface area contributed by atoms with Crippen molar-refractivity contribution in [2.75, 3.05) is 19.6 Å². The zero-order chi connectivity index (χ0) is 12.2. The highest BCUT2D eigenvalue weighted by molar-refractivity contribution is 4.78. The SMILES string of the molecule is CC[C@@H](O)CN(CCC(F)(F)F)CC1CC1. The Hall–Kier alpha value is -0.290. The second-order valence-electron chi connectivity index (χ2n) is 4.63. The molecule has 1 N–H and O–H groups in total. The van der Waals surface area contributed by atoms with Crippen LogP contribution < -0.4 is 0 Å². The summed E-state index contributed by atoms with van der Waals surface area (Å²) in [6.07, 6.45) is -2.57. The first-order chi connectivity index (χ1) is 7.40. The van der Waals surface area contributed by atoms with Crippen molar-refractivity contribution in [3.8, 4) is 0 Å². The predicted octanol–water partition coefficient (Wildman–Crippen LogP) is 2.42. The minimum atomic E-state index is -4.10. The molecule has 0 saturated heterocycles. The van der Waals surface area contributed by atoms with Crippen molar-refractivity contribution >= 4 is 0 Å². The van der Waals surface area contributed by atoms with Crippen molar-refractivity contribution in [1.82, 2.24) is 4.90 Å². The molecule has 0 aromatic carbocycles. The number of nitrogens with zero attached hydrogens (tertiary/aromatic N) is 1. The summed E-state index contributed by atoms with van der Waals surface area (Å²) in [7, 11) is 0. The molecule has 5 heteroatoms. The van der Waals surface area contributed by atoms with Crippen LogP contribution in [0.1, 0.15) is 32.6 Å². The van der Waals surface area contributed by atoms with E-state index in [0.717, 1.165) is 12.8 Å². The molecule has 0 heterocycles. The molecule has 1 aliphatic carbocycles. The van der Waals surface area contributed by atoms with E-state index in [1.165, 1.54) is 0 Å². The van der Waals surface area contributed by atoms with Gasteiger partial charge < -0.3 is 10.0 Å². The number of hydrogen-bond donors (Lipinski definition) is 1. The summed E-state index contributed by atoms with van der Waals surface area (Å²) >= 11 is 0. The Balaban J connectivity index is 2.30. The number of alkyl halides is 3. The Morgan fingerprint density at radius 1 is 1.38 bits per heavy atom. The molecule has 0 radical (unpaired) electrons. The van der Waals surface area contributed by atoms with Crippen LogP contribution in [0.15, 0.2) is 0 Å². The topological polar surface area (TPSA) is 23.5 Å². The molecule has 0 unspecified atom stereocenters. The fourth-order valence-corrected chi connectivity index (χ4v) is 1.63. The molecule has 16 heavy (non-hydrogen) atoms. The zero-order valence-electron chi connectivity index (χ0n) is 9.63. The highest BCUT2D eigenvalue weighted by Crippen LogP contribution is 2.30. The molecule has 0 aromatic heterocycles. The lowest BCUT2D eigenvalue weighted by molar-refractivity contribution is -0.138. The van der Waals surface area contributed by atoms with Gasteiger partial charge in [-0.05, 0) is 25.2 Å². The lowest BCUT2D eigenvalue weighted by Crippen LogP contribution is -2.36. The van der Waals surface area contributed by atoms with Crippen LogP contribution in [0.25, 0.3) is 0 Å². The van der Waals surface area contributed by atoms with E-state index in [1.807, 2.05) is 6.92 Å². The van der Waals surface area contributed by atoms with Gasteiger partial charge in [-0.15, -0.1) is 0 Å². The number of rotatable bonds is 7. The molecule has 1 saturated carbocycles. The van der Waals surface area contributed by atoms with E-state index in [9.17, 15) is 18.3 Å². The smallest absolute Gasteiger partial charge is 0.390 e. The van der Waals surface area contributed by atoms with E-state index >= 15 is 0 Å². The standard InChI is InChI=1S/C11H20F3NO/c1-2-10(16)8-15(7-9-3-4-9)6-5-11(12,13)14/h9-10,16H,2-8H2,1H3/t10-/m1/s1. The summed E-state index contributed by atoms with van der Waals surface area (Å²) in [6, 6.07) is 0. The third-order valence-corrected chi connectivity index (χ3v) is 2.87. The predicted molar refractivity (Wildman–Crippen MR) is 56.1 cm³/mol. The highest BCUT2D eigenvalue weighted by atomic mass is 19.4. The minimum absolute atomic E-state index is 0.0110. The van der Waals surface area contributed by atoms with Gasteiger partial charge in [0.15, 0.2) is 0 Å². The molecular formula is C11H20F3NO. The molecule has 96 valence electrons. The van der Waals surface area contributed by atoms with Gasteiger partial charge in [0.25, 0.3) is 0 Å². The van der Waals surface area contributed by atoms with Gasteiger partial charge >= 0.3 is 6.18 Å². The molecule has 0 aromatic rings. The number of aliphatic hydroxyl groups is 1. The van der Waals surface area contributed by atoms with Crippen molar-refractivity contribution in [2.24, 2.45) is 5.92 Å². The van der Waals surface area contributed by atoms with Gasteiger partial charge in [-0.2, -0.15) is 13.2 Å². The summed E-state index contributed by atoms with van der Waals surface area (Å²) in [5.41, 5.74) is 0. The molecule has 2 nitrogen and oxygen atoms in total. The highest BCUT2D eigenvalue weighted by Gasteiger charge is 2.30. The fourth-order valence-electron chi connectivity index (χ4n) is 1.63. The van der Waals surface area contributed by atoms with Crippen LogP contribution in [-0.2, 0) is 0 Å². The Morgan fingerprint density at radius 2 is 2.00 bits per heavy atom. The maximum absolute atomic E-state index is 12.1. The lowest BCUT2D eigenvalue weighted by Gasteiger charge is -2.25. The normalized spacial score (nSPS) is 19.1. The number of halogens is 3. The molecule has 0 spiro atoms. The van der Waals surface area contributed by atoms with Crippen LogP contribution >= 0.6 is 0 Å². The summed E-state index contributed by atoms with van der Waals surface area (Å²) in [4.78, 5) is 1.75. The van der Waals surface area contributed by atoms with Crippen LogP contribution in [0.2, 0.25) is 0 Å². The summed E-state index contributed by atoms with van der Waals surface area (Å²) in [5.74, 6) is 0.553. The van der Waals surface area contributed by atoms with E-state index in [0.29, 0.717) is 25.4 Å². The number of aliphatic hydroxyl groups excluding tert-OH is 1. The van der Waals surface area contributed by atoms with Crippen LogP contribution in [-0.4, -0.2) is 41.9 Å². The molecule has 1 fully saturated rings. The van der Waals surface area contributed by atoms with E-state index in [4.69, 9.17) is 0 Å². The monoisotopic (exact) mass is 239 g/mol. The van der Waals surface area contributed by atoms with Crippen LogP contribution in [0.3, 0.4) is 0 Å². The first-order valence-electron chi connectivity index (χ1n) is 5.88. The summed E-state index contributed by atoms with van der Waals surface area (Å²) in [6.45, 7) is 2.91. The number of hydrogen-bond acceptors (Lipinski definition) is 2. The average molecular weight is 239 g/mol. The van der Waals surface area contributed by atoms with Crippen molar-refractivity contribution in [2.45, 2.75) is 44.9 Å². The second kappa shape index (κ2) is 5.87. The fraction of sp³-hybridized carbons (Fsp3) is 1.00. The third-order valence-electron chi connectivity index (χ3n) is 2.87. The van der Waals surface area contributed by atoms with Crippen molar-refractivity contribution in [3.05, 3.63) is 0 Å². The van der Waals surface area contributed by atoms with E-state index < -0.39 is 18.7 Å². The average Bonchev–Trinajstić information content (AvgIpc) is 2.96. The Morgan fingerprint density at radius 3 is 2.44 bits per heavy atom. The molecule has 0 bridgehead atoms. The van der Waals surface area contributed by atoms with Gasteiger partial charge in [0.1, 0.15) is 0 Å². The molecule has 1 rings (SSSR count). The molecule has 1 aliphatic rings. The van der Waals surface area contributed by atoms with Crippen molar-refractivity contribution in [3.63, 3.8) is 0 Å². The van der Waals surface area contributed by atoms with Crippen LogP contribution in [0.5, 0.6) is 0 Å². The van der Waals surface area contributed by atoms with Gasteiger partial charge in [-0.1, -0.05) is 6.92 Å². The third kappa shape index (κ3) is 6.33. The first kappa shape index (κ1) is 13.8. The maximum Gasteiger partial charge on any atom is 0.390 e. The Labute approximate surface area is 94.4 Å². The van der Waals surface area contributed by atoms with Gasteiger partial charge in [-0.25, -0.2) is 0 Å². The maximum atomic E-state index is 12.1. The van der Waals surface area contributed by atoms with E-state index in [-0.39, 0.29) is 6.54 Å². The van der Waals surface area contributed by atoms with Crippen LogP contribution in [0.4, 0.5) is 13.2 Å². The summed E-state index contributed by atoms with van der Waals surface area (Å²) in [5, 5.41) is 9.47. The second-order valence-corrected chi connectivity index (χ2v) is 4.63. The van der Waals surface area contributed by atoms with Gasteiger partial charge in [-0.3, -0.25) is 0 Å². The van der Waals surface area contributed by atoms with Gasteiger partial charge in [0.2, 0.25) is 0 Å². The van der Waals surface area contributed by atoms with Crippen molar-refractivity contribution < 1.29 is 18.3 Å². The van der Waals surface area contributed by atoms with Crippen molar-refractivity contribution in [1.29, 1.82) is 0 Å². The molecule has 1 atom stereocenters. The van der Waals surface area contributed by atoms with Crippen LogP contribution in [0, 0.1) is 5.92 Å². The lowest BCUT2D eigenvalue weighted by atomic mass is 10.2. The first-order valence-corrected chi connectivity index (χ1v) is 5.88.